The highest BCUT2D eigenvalue weighted by Crippen LogP contribution is 2.27. The molecule has 0 atom stereocenters. The third kappa shape index (κ3) is 4.67. The fourth-order valence-electron chi connectivity index (χ4n) is 3.30. The van der Waals surface area contributed by atoms with Crippen LogP contribution in [0, 0.1) is 0 Å². The molecule has 1 saturated heterocycles. The van der Waals surface area contributed by atoms with Gasteiger partial charge in [-0.15, -0.1) is 0 Å². The van der Waals surface area contributed by atoms with Crippen molar-refractivity contribution in [3.8, 4) is 22.5 Å². The molecule has 8 heteroatoms. The first kappa shape index (κ1) is 19.2. The number of anilines is 2. The highest BCUT2D eigenvalue weighted by molar-refractivity contribution is 5.69. The molecule has 0 spiro atoms. The van der Waals surface area contributed by atoms with Gasteiger partial charge in [-0.25, -0.2) is 19.9 Å². The van der Waals surface area contributed by atoms with E-state index in [0.29, 0.717) is 19.2 Å². The average molecular weight is 391 g/mol. The van der Waals surface area contributed by atoms with Gasteiger partial charge >= 0.3 is 0 Å². The molecule has 2 N–H and O–H groups in total. The highest BCUT2D eigenvalue weighted by Gasteiger charge is 2.17. The summed E-state index contributed by atoms with van der Waals surface area (Å²) < 4.78 is 5.48. The maximum atomic E-state index is 5.65. The van der Waals surface area contributed by atoms with E-state index in [1.807, 2.05) is 6.07 Å². The third-order valence-corrected chi connectivity index (χ3v) is 4.70. The van der Waals surface area contributed by atoms with E-state index in [2.05, 4.69) is 58.1 Å². The summed E-state index contributed by atoms with van der Waals surface area (Å²) in [5.41, 5.74) is 10.4. The molecule has 1 aliphatic heterocycles. The number of nitrogens with two attached hydrogens (primary N) is 1. The maximum Gasteiger partial charge on any atom is 0.226 e. The molecule has 0 bridgehead atoms. The summed E-state index contributed by atoms with van der Waals surface area (Å²) in [7, 11) is 4.13. The second kappa shape index (κ2) is 8.50. The zero-order chi connectivity index (χ0) is 20.2. The quantitative estimate of drug-likeness (QED) is 0.707. The number of ether oxygens (including phenoxy) is 1. The topological polar surface area (TPSA) is 93.3 Å². The summed E-state index contributed by atoms with van der Waals surface area (Å²) in [4.78, 5) is 22.2. The molecule has 0 unspecified atom stereocenters. The summed E-state index contributed by atoms with van der Waals surface area (Å²) in [6.45, 7) is 3.75. The van der Waals surface area contributed by atoms with Crippen molar-refractivity contribution in [2.24, 2.45) is 0 Å². The number of nitrogens with zero attached hydrogens (tertiary/aromatic N) is 6. The number of rotatable bonds is 5. The first-order chi connectivity index (χ1) is 14.1. The fraction of sp³-hybridized carbons (Fsp3) is 0.333. The monoisotopic (exact) mass is 391 g/mol. The van der Waals surface area contributed by atoms with E-state index in [9.17, 15) is 0 Å². The van der Waals surface area contributed by atoms with Crippen LogP contribution < -0.4 is 10.6 Å². The minimum Gasteiger partial charge on any atom is -0.378 e. The Morgan fingerprint density at radius 1 is 1.00 bits per heavy atom. The van der Waals surface area contributed by atoms with Crippen LogP contribution in [-0.4, -0.2) is 65.2 Å². The van der Waals surface area contributed by atoms with Gasteiger partial charge in [0.05, 0.1) is 24.6 Å². The number of benzene rings is 1. The highest BCUT2D eigenvalue weighted by atomic mass is 16.5. The van der Waals surface area contributed by atoms with Gasteiger partial charge in [0, 0.05) is 43.2 Å². The van der Waals surface area contributed by atoms with Gasteiger partial charge < -0.3 is 20.3 Å². The largest absolute Gasteiger partial charge is 0.378 e. The molecule has 150 valence electrons. The van der Waals surface area contributed by atoms with Crippen LogP contribution in [0.3, 0.4) is 0 Å². The van der Waals surface area contributed by atoms with E-state index >= 15 is 0 Å². The predicted octanol–water partition coefficient (Wildman–Crippen LogP) is 2.08. The van der Waals surface area contributed by atoms with E-state index < -0.39 is 0 Å². The van der Waals surface area contributed by atoms with Crippen LogP contribution in [-0.2, 0) is 11.3 Å². The molecule has 0 saturated carbocycles. The second-order valence-electron chi connectivity index (χ2n) is 7.31. The Morgan fingerprint density at radius 3 is 2.38 bits per heavy atom. The molecule has 0 amide bonds. The van der Waals surface area contributed by atoms with Crippen molar-refractivity contribution in [1.29, 1.82) is 0 Å². The van der Waals surface area contributed by atoms with Crippen LogP contribution in [0.25, 0.3) is 22.5 Å². The SMILES string of the molecule is CN(C)Cc1cccc(-c2cc(-c3cnc(N)nc3)nc(N3CCOCC3)n2)c1. The lowest BCUT2D eigenvalue weighted by Gasteiger charge is -2.27. The van der Waals surface area contributed by atoms with Crippen molar-refractivity contribution in [2.75, 3.05) is 51.0 Å². The van der Waals surface area contributed by atoms with Crippen molar-refractivity contribution in [3.05, 3.63) is 48.3 Å². The van der Waals surface area contributed by atoms with E-state index in [1.165, 1.54) is 5.56 Å². The third-order valence-electron chi connectivity index (χ3n) is 4.70. The van der Waals surface area contributed by atoms with Gasteiger partial charge in [-0.2, -0.15) is 0 Å². The lowest BCUT2D eigenvalue weighted by Crippen LogP contribution is -2.37. The molecule has 1 aromatic carbocycles. The zero-order valence-corrected chi connectivity index (χ0v) is 16.7. The van der Waals surface area contributed by atoms with Gasteiger partial charge in [0.25, 0.3) is 0 Å². The summed E-state index contributed by atoms with van der Waals surface area (Å²) in [6, 6.07) is 10.4. The number of morpholine rings is 1. The molecule has 2 aromatic heterocycles. The summed E-state index contributed by atoms with van der Waals surface area (Å²) in [5, 5.41) is 0. The van der Waals surface area contributed by atoms with Crippen LogP contribution in [0.2, 0.25) is 0 Å². The predicted molar refractivity (Wildman–Crippen MR) is 113 cm³/mol. The lowest BCUT2D eigenvalue weighted by molar-refractivity contribution is 0.122. The molecule has 4 rings (SSSR count). The number of aromatic nitrogens is 4. The Kier molecular flexibility index (Phi) is 5.64. The van der Waals surface area contributed by atoms with Crippen LogP contribution in [0.15, 0.2) is 42.7 Å². The van der Waals surface area contributed by atoms with Gasteiger partial charge in [0.2, 0.25) is 11.9 Å². The average Bonchev–Trinajstić information content (AvgIpc) is 2.74. The van der Waals surface area contributed by atoms with Crippen molar-refractivity contribution < 1.29 is 4.74 Å². The first-order valence-electron chi connectivity index (χ1n) is 9.62. The molecule has 0 radical (unpaired) electrons. The van der Waals surface area contributed by atoms with Crippen LogP contribution in [0.4, 0.5) is 11.9 Å². The van der Waals surface area contributed by atoms with Crippen LogP contribution in [0.5, 0.6) is 0 Å². The molecular weight excluding hydrogens is 366 g/mol. The van der Waals surface area contributed by atoms with E-state index in [1.54, 1.807) is 12.4 Å². The molecule has 3 heterocycles. The Balaban J connectivity index is 1.78. The van der Waals surface area contributed by atoms with E-state index in [4.69, 9.17) is 20.4 Å². The fourth-order valence-corrected chi connectivity index (χ4v) is 3.30. The minimum atomic E-state index is 0.243. The van der Waals surface area contributed by atoms with Crippen molar-refractivity contribution >= 4 is 11.9 Å². The molecule has 29 heavy (non-hydrogen) atoms. The molecule has 3 aromatic rings. The van der Waals surface area contributed by atoms with Crippen molar-refractivity contribution in [2.45, 2.75) is 6.54 Å². The Labute approximate surface area is 170 Å². The van der Waals surface area contributed by atoms with Gasteiger partial charge in [-0.1, -0.05) is 18.2 Å². The Bertz CT molecular complexity index is 969. The van der Waals surface area contributed by atoms with Crippen LogP contribution >= 0.6 is 0 Å². The molecule has 8 nitrogen and oxygen atoms in total. The Morgan fingerprint density at radius 2 is 1.69 bits per heavy atom. The van der Waals surface area contributed by atoms with Gasteiger partial charge in [0.1, 0.15) is 0 Å². The van der Waals surface area contributed by atoms with E-state index in [0.717, 1.165) is 42.1 Å². The normalized spacial score (nSPS) is 14.4. The van der Waals surface area contributed by atoms with Gasteiger partial charge in [-0.05, 0) is 31.8 Å². The number of hydrogen-bond acceptors (Lipinski definition) is 8. The summed E-state index contributed by atoms with van der Waals surface area (Å²) >= 11 is 0. The van der Waals surface area contributed by atoms with E-state index in [-0.39, 0.29) is 5.95 Å². The number of hydrogen-bond donors (Lipinski definition) is 1. The lowest BCUT2D eigenvalue weighted by atomic mass is 10.1. The summed E-state index contributed by atoms with van der Waals surface area (Å²) in [5.74, 6) is 0.934. The summed E-state index contributed by atoms with van der Waals surface area (Å²) in [6.07, 6.45) is 3.39. The maximum absolute atomic E-state index is 5.65. The zero-order valence-electron chi connectivity index (χ0n) is 16.7. The second-order valence-corrected chi connectivity index (χ2v) is 7.31. The molecule has 1 aliphatic rings. The molecule has 0 aliphatic carbocycles. The standard InChI is InChI=1S/C21H25N7O/c1-27(2)14-15-4-3-5-16(10-15)18-11-19(17-12-23-20(22)24-13-17)26-21(25-18)28-6-8-29-9-7-28/h3-5,10-13H,6-9,14H2,1-2H3,(H2,22,23,24). The van der Waals surface area contributed by atoms with Crippen molar-refractivity contribution in [1.82, 2.24) is 24.8 Å². The van der Waals surface area contributed by atoms with Gasteiger partial charge in [-0.3, -0.25) is 0 Å². The smallest absolute Gasteiger partial charge is 0.226 e. The van der Waals surface area contributed by atoms with Gasteiger partial charge in [0.15, 0.2) is 0 Å². The first-order valence-corrected chi connectivity index (χ1v) is 9.62. The Hall–Kier alpha value is -3.10. The number of nitrogen functional groups attached to an aromatic ring is 1. The minimum absolute atomic E-state index is 0.243. The molecule has 1 fully saturated rings. The van der Waals surface area contributed by atoms with Crippen LogP contribution in [0.1, 0.15) is 5.56 Å². The van der Waals surface area contributed by atoms with Crippen molar-refractivity contribution in [3.63, 3.8) is 0 Å². The molecular formula is C21H25N7O.